The molecule has 4 rings (SSSR count). The van der Waals surface area contributed by atoms with Gasteiger partial charge in [-0.3, -0.25) is 4.79 Å². The third-order valence-corrected chi connectivity index (χ3v) is 4.82. The lowest BCUT2D eigenvalue weighted by atomic mass is 10.1. The normalized spacial score (nSPS) is 11.0. The maximum atomic E-state index is 13.4. The quantitative estimate of drug-likeness (QED) is 0.591. The third kappa shape index (κ3) is 3.34. The van der Waals surface area contributed by atoms with Crippen LogP contribution < -0.4 is 5.32 Å². The zero-order valence-corrected chi connectivity index (χ0v) is 14.8. The van der Waals surface area contributed by atoms with Gasteiger partial charge in [0.2, 0.25) is 11.0 Å². The van der Waals surface area contributed by atoms with Crippen molar-refractivity contribution in [2.24, 2.45) is 0 Å². The predicted octanol–water partition coefficient (Wildman–Crippen LogP) is 4.11. The molecule has 0 atom stereocenters. The average molecular weight is 366 g/mol. The van der Waals surface area contributed by atoms with E-state index in [1.54, 1.807) is 16.8 Å². The van der Waals surface area contributed by atoms with Crippen molar-refractivity contribution in [2.75, 3.05) is 5.32 Å². The smallest absolute Gasteiger partial charge is 0.229 e. The second kappa shape index (κ2) is 6.68. The first kappa shape index (κ1) is 16.4. The molecule has 1 N–H and O–H groups in total. The molecular formula is C19H15FN4OS. The number of anilines is 1. The van der Waals surface area contributed by atoms with E-state index in [1.807, 2.05) is 37.3 Å². The molecule has 5 nitrogen and oxygen atoms in total. The Kier molecular flexibility index (Phi) is 4.22. The number of benzene rings is 2. The average Bonchev–Trinajstić information content (AvgIpc) is 3.18. The highest BCUT2D eigenvalue weighted by molar-refractivity contribution is 7.20. The molecule has 0 aliphatic carbocycles. The number of hydrogen-bond donors (Lipinski definition) is 1. The van der Waals surface area contributed by atoms with Crippen LogP contribution in [0.25, 0.3) is 15.3 Å². The minimum atomic E-state index is -0.305. The number of aromatic nitrogens is 3. The summed E-state index contributed by atoms with van der Waals surface area (Å²) in [5.41, 5.74) is 2.38. The molecule has 0 spiro atoms. The first-order valence-corrected chi connectivity index (χ1v) is 8.87. The van der Waals surface area contributed by atoms with E-state index in [9.17, 15) is 9.18 Å². The van der Waals surface area contributed by atoms with Gasteiger partial charge in [0, 0.05) is 6.07 Å². The predicted molar refractivity (Wildman–Crippen MR) is 100 cm³/mol. The van der Waals surface area contributed by atoms with Crippen molar-refractivity contribution in [2.45, 2.75) is 13.3 Å². The fraction of sp³-hybridized carbons (Fsp3) is 0.105. The lowest BCUT2D eigenvalue weighted by Gasteiger charge is -2.06. The summed E-state index contributed by atoms with van der Waals surface area (Å²) in [7, 11) is 0. The van der Waals surface area contributed by atoms with E-state index in [-0.39, 0.29) is 18.1 Å². The molecule has 0 saturated carbocycles. The van der Waals surface area contributed by atoms with E-state index < -0.39 is 0 Å². The second-order valence-corrected chi connectivity index (χ2v) is 6.91. The van der Waals surface area contributed by atoms with Gasteiger partial charge in [0.25, 0.3) is 0 Å². The molecule has 0 bridgehead atoms. The van der Waals surface area contributed by atoms with Crippen LogP contribution in [0.2, 0.25) is 0 Å². The maximum Gasteiger partial charge on any atom is 0.229 e. The maximum absolute atomic E-state index is 13.4. The molecule has 0 aliphatic rings. The topological polar surface area (TPSA) is 59.8 Å². The Morgan fingerprint density at radius 3 is 2.81 bits per heavy atom. The van der Waals surface area contributed by atoms with Gasteiger partial charge in [0.15, 0.2) is 0 Å². The van der Waals surface area contributed by atoms with E-state index in [2.05, 4.69) is 15.4 Å². The van der Waals surface area contributed by atoms with Crippen LogP contribution in [-0.2, 0) is 11.2 Å². The molecule has 4 aromatic rings. The zero-order chi connectivity index (χ0) is 18.1. The summed E-state index contributed by atoms with van der Waals surface area (Å²) in [4.78, 5) is 16.9. The summed E-state index contributed by atoms with van der Waals surface area (Å²) >= 11 is 1.32. The minimum Gasteiger partial charge on any atom is -0.310 e. The fourth-order valence-electron chi connectivity index (χ4n) is 2.68. The molecule has 2 aromatic carbocycles. The summed E-state index contributed by atoms with van der Waals surface area (Å²) in [6, 6.07) is 15.8. The Balaban J connectivity index is 1.62. The number of rotatable bonds is 4. The first-order chi connectivity index (χ1) is 12.6. The first-order valence-electron chi connectivity index (χ1n) is 8.05. The van der Waals surface area contributed by atoms with Gasteiger partial charge >= 0.3 is 0 Å². The number of fused-ring (bicyclic) bond motifs is 1. The van der Waals surface area contributed by atoms with Gasteiger partial charge in [-0.25, -0.2) is 9.37 Å². The molecule has 0 saturated heterocycles. The van der Waals surface area contributed by atoms with E-state index in [0.717, 1.165) is 16.0 Å². The Hall–Kier alpha value is -3.06. The van der Waals surface area contributed by atoms with Gasteiger partial charge in [-0.15, -0.1) is 0 Å². The van der Waals surface area contributed by atoms with Crippen LogP contribution in [0.3, 0.4) is 0 Å². The number of aryl methyl sites for hydroxylation is 1. The van der Waals surface area contributed by atoms with Crippen LogP contribution in [0.4, 0.5) is 10.2 Å². The number of carbonyl (C=O) groups excluding carboxylic acids is 1. The SMILES string of the molecule is Cc1cc(NC(=O)Cc2ccccc2)n(-c2nc3ccc(F)cc3s2)n1. The van der Waals surface area contributed by atoms with Crippen LogP contribution in [0, 0.1) is 12.7 Å². The zero-order valence-electron chi connectivity index (χ0n) is 13.9. The molecule has 0 unspecified atom stereocenters. The van der Waals surface area contributed by atoms with Gasteiger partial charge in [-0.2, -0.15) is 9.78 Å². The number of nitrogens with one attached hydrogen (secondary N) is 1. The van der Waals surface area contributed by atoms with Crippen molar-refractivity contribution in [3.63, 3.8) is 0 Å². The monoisotopic (exact) mass is 366 g/mol. The standard InChI is InChI=1S/C19H15FN4OS/c1-12-9-17(22-18(25)10-13-5-3-2-4-6-13)24(23-12)19-21-15-8-7-14(20)11-16(15)26-19/h2-9,11H,10H2,1H3,(H,22,25). The summed E-state index contributed by atoms with van der Waals surface area (Å²) in [6.07, 6.45) is 0.274. The van der Waals surface area contributed by atoms with Gasteiger partial charge in [0.1, 0.15) is 11.6 Å². The van der Waals surface area contributed by atoms with Crippen LogP contribution in [-0.4, -0.2) is 20.7 Å². The van der Waals surface area contributed by atoms with Crippen LogP contribution >= 0.6 is 11.3 Å². The molecule has 0 aliphatic heterocycles. The van der Waals surface area contributed by atoms with Gasteiger partial charge in [0.05, 0.1) is 22.3 Å². The largest absolute Gasteiger partial charge is 0.310 e. The van der Waals surface area contributed by atoms with Crippen molar-refractivity contribution < 1.29 is 9.18 Å². The van der Waals surface area contributed by atoms with Gasteiger partial charge in [-0.05, 0) is 30.7 Å². The molecule has 26 heavy (non-hydrogen) atoms. The van der Waals surface area contributed by atoms with Crippen molar-refractivity contribution >= 4 is 33.3 Å². The van der Waals surface area contributed by atoms with Crippen molar-refractivity contribution in [1.29, 1.82) is 0 Å². The van der Waals surface area contributed by atoms with Gasteiger partial charge < -0.3 is 5.32 Å². The molecular weight excluding hydrogens is 351 g/mol. The number of halogens is 1. The molecule has 0 fully saturated rings. The highest BCUT2D eigenvalue weighted by atomic mass is 32.1. The number of thiazole rings is 1. The molecule has 130 valence electrons. The van der Waals surface area contributed by atoms with Crippen LogP contribution in [0.15, 0.2) is 54.6 Å². The van der Waals surface area contributed by atoms with E-state index >= 15 is 0 Å². The summed E-state index contributed by atoms with van der Waals surface area (Å²) in [5.74, 6) is 0.105. The third-order valence-electron chi connectivity index (χ3n) is 3.83. The molecule has 2 aromatic heterocycles. The molecule has 2 heterocycles. The highest BCUT2D eigenvalue weighted by Gasteiger charge is 2.15. The minimum absolute atomic E-state index is 0.135. The molecule has 1 amide bonds. The number of carbonyl (C=O) groups is 1. The van der Waals surface area contributed by atoms with Crippen LogP contribution in [0.1, 0.15) is 11.3 Å². The lowest BCUT2D eigenvalue weighted by molar-refractivity contribution is -0.115. The number of nitrogens with zero attached hydrogens (tertiary/aromatic N) is 3. The van der Waals surface area contributed by atoms with Crippen molar-refractivity contribution in [1.82, 2.24) is 14.8 Å². The van der Waals surface area contributed by atoms with E-state index in [1.165, 1.54) is 23.5 Å². The Labute approximate surface area is 153 Å². The number of hydrogen-bond acceptors (Lipinski definition) is 4. The molecule has 0 radical (unpaired) electrons. The second-order valence-electron chi connectivity index (χ2n) is 5.90. The van der Waals surface area contributed by atoms with E-state index in [0.29, 0.717) is 16.5 Å². The molecule has 7 heteroatoms. The van der Waals surface area contributed by atoms with E-state index in [4.69, 9.17) is 0 Å². The Bertz CT molecular complexity index is 1090. The summed E-state index contributed by atoms with van der Waals surface area (Å²) in [5, 5.41) is 7.88. The van der Waals surface area contributed by atoms with Crippen LogP contribution in [0.5, 0.6) is 0 Å². The lowest BCUT2D eigenvalue weighted by Crippen LogP contribution is -2.17. The highest BCUT2D eigenvalue weighted by Crippen LogP contribution is 2.27. The summed E-state index contributed by atoms with van der Waals surface area (Å²) < 4.78 is 15.7. The van der Waals surface area contributed by atoms with Crippen molar-refractivity contribution in [3.8, 4) is 5.13 Å². The Morgan fingerprint density at radius 1 is 1.19 bits per heavy atom. The van der Waals surface area contributed by atoms with Gasteiger partial charge in [-0.1, -0.05) is 41.7 Å². The Morgan fingerprint density at radius 2 is 2.00 bits per heavy atom. The number of amides is 1. The van der Waals surface area contributed by atoms with Crippen molar-refractivity contribution in [3.05, 3.63) is 71.7 Å². The fourth-order valence-corrected chi connectivity index (χ4v) is 3.64. The summed E-state index contributed by atoms with van der Waals surface area (Å²) in [6.45, 7) is 1.84.